The zero-order chi connectivity index (χ0) is 33.3. The lowest BCUT2D eigenvalue weighted by Gasteiger charge is -2.37. The molecule has 4 aliphatic rings. The summed E-state index contributed by atoms with van der Waals surface area (Å²) in [6, 6.07) is 46.9. The second-order valence-electron chi connectivity index (χ2n) is 17.0. The van der Waals surface area contributed by atoms with Crippen LogP contribution in [0.25, 0.3) is 33.0 Å². The van der Waals surface area contributed by atoms with Crippen molar-refractivity contribution in [2.24, 2.45) is 11.8 Å². The third kappa shape index (κ3) is 3.99. The van der Waals surface area contributed by atoms with Gasteiger partial charge in [-0.05, 0) is 134 Å². The molecule has 2 fully saturated rings. The molecule has 3 atom stereocenters. The van der Waals surface area contributed by atoms with Crippen LogP contribution in [0.4, 0.5) is 17.1 Å². The minimum atomic E-state index is -0.0664. The van der Waals surface area contributed by atoms with Gasteiger partial charge in [-0.2, -0.15) is 0 Å². The molecule has 6 aromatic carbocycles. The number of hydrogen-bond donors (Lipinski definition) is 0. The van der Waals surface area contributed by atoms with Crippen LogP contribution in [0.1, 0.15) is 88.1 Å². The van der Waals surface area contributed by atoms with E-state index in [9.17, 15) is 0 Å². The average Bonchev–Trinajstić information content (AvgIpc) is 3.85. The van der Waals surface area contributed by atoms with E-state index in [1.165, 1.54) is 92.5 Å². The zero-order valence-corrected chi connectivity index (χ0v) is 29.5. The molecule has 242 valence electrons. The van der Waals surface area contributed by atoms with E-state index in [1.54, 1.807) is 11.1 Å². The van der Waals surface area contributed by atoms with Crippen molar-refractivity contribution in [1.82, 2.24) is 0 Å². The minimum absolute atomic E-state index is 0.0415. The Kier molecular flexibility index (Phi) is 5.97. The molecule has 0 heterocycles. The largest absolute Gasteiger partial charge is 0.310 e. The summed E-state index contributed by atoms with van der Waals surface area (Å²) in [5.74, 6) is 1.58. The highest BCUT2D eigenvalue weighted by molar-refractivity contribution is 5.94. The molecule has 2 saturated carbocycles. The fraction of sp³-hybridized carbons (Fsp3) is 0.292. The molecule has 0 N–H and O–H groups in total. The van der Waals surface area contributed by atoms with Crippen molar-refractivity contribution in [3.05, 3.63) is 149 Å². The number of rotatable bonds is 3. The first-order valence-electron chi connectivity index (χ1n) is 18.5. The van der Waals surface area contributed by atoms with Crippen LogP contribution in [0.3, 0.4) is 0 Å². The highest BCUT2D eigenvalue weighted by Gasteiger charge is 2.56. The van der Waals surface area contributed by atoms with Gasteiger partial charge < -0.3 is 4.90 Å². The van der Waals surface area contributed by atoms with Gasteiger partial charge in [-0.15, -0.1) is 0 Å². The second kappa shape index (κ2) is 9.97. The first kappa shape index (κ1) is 29.3. The second-order valence-corrected chi connectivity index (χ2v) is 17.0. The molecule has 10 rings (SSSR count). The predicted molar refractivity (Wildman–Crippen MR) is 207 cm³/mol. The van der Waals surface area contributed by atoms with E-state index < -0.39 is 0 Å². The van der Waals surface area contributed by atoms with E-state index in [4.69, 9.17) is 0 Å². The van der Waals surface area contributed by atoms with Crippen LogP contribution in [0.5, 0.6) is 0 Å². The highest BCUT2D eigenvalue weighted by atomic mass is 15.1. The Balaban J connectivity index is 1.21. The monoisotopic (exact) mass is 635 g/mol. The van der Waals surface area contributed by atoms with E-state index >= 15 is 0 Å². The van der Waals surface area contributed by atoms with Crippen molar-refractivity contribution in [1.29, 1.82) is 0 Å². The summed E-state index contributed by atoms with van der Waals surface area (Å²) in [7, 11) is 0. The average molecular weight is 636 g/mol. The van der Waals surface area contributed by atoms with Crippen LogP contribution in [0.2, 0.25) is 0 Å². The summed E-state index contributed by atoms with van der Waals surface area (Å²) < 4.78 is 0. The fourth-order valence-corrected chi connectivity index (χ4v) is 10.8. The van der Waals surface area contributed by atoms with Crippen LogP contribution in [-0.4, -0.2) is 0 Å². The quantitative estimate of drug-likeness (QED) is 0.187. The lowest BCUT2D eigenvalue weighted by atomic mass is 9.67. The molecule has 0 radical (unpaired) electrons. The van der Waals surface area contributed by atoms with Crippen LogP contribution in [-0.2, 0) is 16.2 Å². The Morgan fingerprint density at radius 2 is 1.18 bits per heavy atom. The van der Waals surface area contributed by atoms with Crippen molar-refractivity contribution in [2.75, 3.05) is 4.90 Å². The van der Waals surface area contributed by atoms with Gasteiger partial charge in [0.25, 0.3) is 0 Å². The number of fused-ring (bicyclic) bond motifs is 12. The topological polar surface area (TPSA) is 3.24 Å². The normalized spacial score (nSPS) is 22.3. The Bertz CT molecular complexity index is 2330. The summed E-state index contributed by atoms with van der Waals surface area (Å²) in [6.07, 6.45) is 5.42. The van der Waals surface area contributed by atoms with E-state index in [-0.39, 0.29) is 16.2 Å². The number of benzene rings is 6. The Hall–Kier alpha value is -4.62. The SMILES string of the molecule is CC(C)(C)c1cccc2ccc(N(c3ccc4c(c3)C(C)(C)c3ccccc3-4)c3ccc4c(c3)C3(CC5CCC3C5)c3ccccc3-4)cc12. The van der Waals surface area contributed by atoms with Gasteiger partial charge in [0.1, 0.15) is 0 Å². The van der Waals surface area contributed by atoms with Crippen LogP contribution in [0, 0.1) is 11.8 Å². The molecule has 0 aromatic heterocycles. The van der Waals surface area contributed by atoms with Crippen molar-refractivity contribution in [2.45, 2.75) is 76.5 Å². The molecule has 0 saturated heterocycles. The standard InChI is InChI=1S/C48H45N/c1-46(2,3)41-16-10-11-31-18-20-33(26-40(31)41)49(34-21-23-38-36-12-6-8-14-42(36)47(4,5)44(38)27-34)35-22-24-39-37-13-7-9-15-43(37)48(45(39)28-35)29-30-17-19-32(48)25-30/h6-16,18,20-24,26-28,30,32H,17,19,25,29H2,1-5H3. The third-order valence-corrected chi connectivity index (χ3v) is 13.0. The lowest BCUT2D eigenvalue weighted by molar-refractivity contribution is 0.327. The maximum Gasteiger partial charge on any atom is 0.0468 e. The van der Waals surface area contributed by atoms with Crippen molar-refractivity contribution in [3.63, 3.8) is 0 Å². The number of nitrogens with zero attached hydrogens (tertiary/aromatic N) is 1. The van der Waals surface area contributed by atoms with E-state index in [1.807, 2.05) is 0 Å². The van der Waals surface area contributed by atoms with Crippen LogP contribution < -0.4 is 4.90 Å². The van der Waals surface area contributed by atoms with Gasteiger partial charge in [0, 0.05) is 27.9 Å². The van der Waals surface area contributed by atoms with Gasteiger partial charge in [0.15, 0.2) is 0 Å². The van der Waals surface area contributed by atoms with Gasteiger partial charge in [-0.3, -0.25) is 0 Å². The van der Waals surface area contributed by atoms with Crippen molar-refractivity contribution < 1.29 is 0 Å². The predicted octanol–water partition coefficient (Wildman–Crippen LogP) is 13.0. The van der Waals surface area contributed by atoms with E-state index in [2.05, 4.69) is 161 Å². The highest BCUT2D eigenvalue weighted by Crippen LogP contribution is 2.66. The van der Waals surface area contributed by atoms with E-state index in [0.29, 0.717) is 0 Å². The molecule has 49 heavy (non-hydrogen) atoms. The Labute approximate surface area is 291 Å². The molecule has 0 aliphatic heterocycles. The maximum absolute atomic E-state index is 2.60. The molecule has 0 amide bonds. The lowest BCUT2D eigenvalue weighted by Crippen LogP contribution is -2.32. The zero-order valence-electron chi connectivity index (χ0n) is 29.5. The first-order chi connectivity index (χ1) is 23.6. The summed E-state index contributed by atoms with van der Waals surface area (Å²) in [4.78, 5) is 2.56. The van der Waals surface area contributed by atoms with Gasteiger partial charge in [-0.25, -0.2) is 0 Å². The van der Waals surface area contributed by atoms with Gasteiger partial charge in [0.05, 0.1) is 0 Å². The summed E-state index contributed by atoms with van der Waals surface area (Å²) in [5.41, 5.74) is 16.8. The van der Waals surface area contributed by atoms with Crippen LogP contribution in [0.15, 0.2) is 121 Å². The molecule has 4 aliphatic carbocycles. The molecular weight excluding hydrogens is 591 g/mol. The molecule has 3 unspecified atom stereocenters. The summed E-state index contributed by atoms with van der Waals surface area (Å²) in [6.45, 7) is 11.8. The molecule has 6 aromatic rings. The fourth-order valence-electron chi connectivity index (χ4n) is 10.8. The minimum Gasteiger partial charge on any atom is -0.310 e. The van der Waals surface area contributed by atoms with Crippen molar-refractivity contribution in [3.8, 4) is 22.3 Å². The Morgan fingerprint density at radius 1 is 0.571 bits per heavy atom. The Morgan fingerprint density at radius 3 is 1.88 bits per heavy atom. The third-order valence-electron chi connectivity index (χ3n) is 13.0. The van der Waals surface area contributed by atoms with Crippen molar-refractivity contribution >= 4 is 27.8 Å². The summed E-state index contributed by atoms with van der Waals surface area (Å²) in [5, 5.41) is 2.64. The molecule has 2 bridgehead atoms. The molecule has 1 spiro atoms. The maximum atomic E-state index is 2.60. The molecule has 1 nitrogen and oxygen atoms in total. The van der Waals surface area contributed by atoms with E-state index in [0.717, 1.165) is 11.8 Å². The number of anilines is 3. The van der Waals surface area contributed by atoms with Crippen LogP contribution >= 0.6 is 0 Å². The molecular formula is C48H45N. The summed E-state index contributed by atoms with van der Waals surface area (Å²) >= 11 is 0. The smallest absolute Gasteiger partial charge is 0.0468 e. The van der Waals surface area contributed by atoms with Gasteiger partial charge in [0.2, 0.25) is 0 Å². The first-order valence-corrected chi connectivity index (χ1v) is 18.5. The van der Waals surface area contributed by atoms with Gasteiger partial charge >= 0.3 is 0 Å². The number of hydrogen-bond acceptors (Lipinski definition) is 1. The van der Waals surface area contributed by atoms with Gasteiger partial charge in [-0.1, -0.05) is 126 Å². The molecule has 1 heteroatoms.